The number of methoxy groups -OCH3 is 2. The second kappa shape index (κ2) is 18.0. The number of halogens is 1. The molecule has 0 aliphatic carbocycles. The third kappa shape index (κ3) is 9.17. The van der Waals surface area contributed by atoms with Gasteiger partial charge < -0.3 is 39.4 Å². The predicted molar refractivity (Wildman–Crippen MR) is 211 cm³/mol. The summed E-state index contributed by atoms with van der Waals surface area (Å²) < 4.78 is 45.3. The average molecular weight is 802 g/mol. The van der Waals surface area contributed by atoms with E-state index in [4.69, 9.17) is 29.2 Å². The van der Waals surface area contributed by atoms with Gasteiger partial charge in [-0.3, -0.25) is 4.57 Å². The van der Waals surface area contributed by atoms with Crippen LogP contribution in [-0.4, -0.2) is 83.6 Å². The summed E-state index contributed by atoms with van der Waals surface area (Å²) in [5.41, 5.74) is 6.33. The molecule has 1 fully saturated rings. The highest BCUT2D eigenvalue weighted by Crippen LogP contribution is 2.43. The van der Waals surface area contributed by atoms with Crippen molar-refractivity contribution in [3.63, 3.8) is 0 Å². The van der Waals surface area contributed by atoms with Crippen LogP contribution >= 0.6 is 0 Å². The summed E-state index contributed by atoms with van der Waals surface area (Å²) in [7, 11) is 3.13. The van der Waals surface area contributed by atoms with E-state index in [0.29, 0.717) is 11.5 Å². The second-order valence-corrected chi connectivity index (χ2v) is 15.0. The predicted octanol–water partition coefficient (Wildman–Crippen LogP) is 6.03. The normalized spacial score (nSPS) is 19.7. The molecule has 16 nitrogen and oxygen atoms in total. The van der Waals surface area contributed by atoms with Crippen molar-refractivity contribution in [2.75, 3.05) is 32.7 Å². The van der Waals surface area contributed by atoms with Crippen molar-refractivity contribution in [1.82, 2.24) is 14.9 Å². The van der Waals surface area contributed by atoms with Gasteiger partial charge in [0.15, 0.2) is 18.5 Å². The number of nitrogens with zero attached hydrogens (tertiary/aromatic N) is 5. The lowest BCUT2D eigenvalue weighted by atomic mass is 9.77. The number of hydrogen-bond donors (Lipinski definition) is 3. The van der Waals surface area contributed by atoms with Crippen LogP contribution in [0.3, 0.4) is 0 Å². The third-order valence-electron chi connectivity index (χ3n) is 9.61. The highest BCUT2D eigenvalue weighted by Gasteiger charge is 2.59. The zero-order chi connectivity index (χ0) is 42.3. The Morgan fingerprint density at radius 2 is 1.55 bits per heavy atom. The summed E-state index contributed by atoms with van der Waals surface area (Å²) in [6.07, 6.45) is -5.65. The fourth-order valence-electron chi connectivity index (χ4n) is 6.74. The van der Waals surface area contributed by atoms with E-state index < -0.39 is 78.1 Å². The Labute approximate surface area is 334 Å². The van der Waals surface area contributed by atoms with E-state index in [1.165, 1.54) is 12.3 Å². The van der Waals surface area contributed by atoms with Gasteiger partial charge in [-0.2, -0.15) is 4.98 Å². The largest absolute Gasteiger partial charge is 0.497 e. The third-order valence-corrected chi connectivity index (χ3v) is 9.61. The van der Waals surface area contributed by atoms with Crippen LogP contribution in [0.1, 0.15) is 57.5 Å². The quantitative estimate of drug-likeness (QED) is 0.0416. The van der Waals surface area contributed by atoms with Gasteiger partial charge in [-0.15, -0.1) is 0 Å². The number of aliphatic hydroxyl groups is 1. The fourth-order valence-corrected chi connectivity index (χ4v) is 6.74. The number of amides is 1. The van der Waals surface area contributed by atoms with Gasteiger partial charge in [0.25, 0.3) is 0 Å². The summed E-state index contributed by atoms with van der Waals surface area (Å²) in [5.74, 6) is -0.274. The van der Waals surface area contributed by atoms with Crippen LogP contribution in [0.25, 0.3) is 10.4 Å². The number of carbonyl (C=O) groups excluding carboxylic acids is 2. The molecule has 5 atom stereocenters. The number of rotatable bonds is 15. The first kappa shape index (κ1) is 43.0. The molecule has 1 amide bonds. The van der Waals surface area contributed by atoms with E-state index in [2.05, 4.69) is 25.6 Å². The Hall–Kier alpha value is -6.16. The number of alkyl halides is 1. The Kier molecular flexibility index (Phi) is 13.3. The molecule has 4 aromatic rings. The van der Waals surface area contributed by atoms with Gasteiger partial charge in [0, 0.05) is 11.1 Å². The highest BCUT2D eigenvalue weighted by atomic mass is 19.1. The van der Waals surface area contributed by atoms with Crippen molar-refractivity contribution in [3.05, 3.63) is 129 Å². The molecule has 1 saturated heterocycles. The Bertz CT molecular complexity index is 2090. The van der Waals surface area contributed by atoms with E-state index in [1.807, 2.05) is 78.9 Å². The Morgan fingerprint density at radius 3 is 2.03 bits per heavy atom. The Morgan fingerprint density at radius 1 is 0.983 bits per heavy atom. The maximum absolute atomic E-state index is 16.7. The molecule has 1 aliphatic rings. The number of aromatic nitrogens is 2. The van der Waals surface area contributed by atoms with Crippen molar-refractivity contribution >= 4 is 17.9 Å². The standard InChI is InChI=1S/C41H48FN7O9/c1-25(2)33(46-38(53)58-39(3,4)5)36(51)56-34-32(42)35(57-40(34,24-50)23-44-48-43)49-22-21-31(45-37(49)52)47-41(26-11-9-8-10-12-26,27-13-17-29(54-6)18-14-27)28-15-19-30(55-7)20-16-28/h8-22,25,32-35,50H,23-24H2,1-7H3,(H,46,53)(H,45,47,52)/t32-,33+,34+,35-,40-/m1/s1. The molecule has 0 spiro atoms. The zero-order valence-electron chi connectivity index (χ0n) is 33.3. The van der Waals surface area contributed by atoms with Gasteiger partial charge in [0.05, 0.1) is 27.4 Å². The van der Waals surface area contributed by atoms with Gasteiger partial charge in [-0.05, 0) is 79.2 Å². The summed E-state index contributed by atoms with van der Waals surface area (Å²) in [5, 5.41) is 20.0. The molecule has 308 valence electrons. The first-order valence-electron chi connectivity index (χ1n) is 18.5. The number of hydrogen-bond acceptors (Lipinski definition) is 12. The van der Waals surface area contributed by atoms with E-state index in [1.54, 1.807) is 48.8 Å². The summed E-state index contributed by atoms with van der Waals surface area (Å²) in [6.45, 7) is 6.53. The molecule has 1 aromatic heterocycles. The highest BCUT2D eigenvalue weighted by molar-refractivity contribution is 5.82. The van der Waals surface area contributed by atoms with E-state index in [9.17, 15) is 19.5 Å². The molecule has 0 saturated carbocycles. The maximum atomic E-state index is 16.7. The molecular weight excluding hydrogens is 753 g/mol. The van der Waals surface area contributed by atoms with Gasteiger partial charge in [0.2, 0.25) is 0 Å². The van der Waals surface area contributed by atoms with Crippen LogP contribution in [0, 0.1) is 5.92 Å². The topological polar surface area (TPSA) is 208 Å². The van der Waals surface area contributed by atoms with E-state index >= 15 is 4.39 Å². The molecular formula is C41H48FN7O9. The van der Waals surface area contributed by atoms with Crippen LogP contribution in [-0.2, 0) is 24.5 Å². The van der Waals surface area contributed by atoms with Gasteiger partial charge in [0.1, 0.15) is 40.1 Å². The van der Waals surface area contributed by atoms with Crippen molar-refractivity contribution in [1.29, 1.82) is 0 Å². The lowest BCUT2D eigenvalue weighted by molar-refractivity contribution is -0.170. The number of azide groups is 1. The summed E-state index contributed by atoms with van der Waals surface area (Å²) >= 11 is 0. The minimum atomic E-state index is -2.29. The van der Waals surface area contributed by atoms with Crippen molar-refractivity contribution in [2.24, 2.45) is 11.0 Å². The molecule has 3 N–H and O–H groups in total. The minimum Gasteiger partial charge on any atom is -0.497 e. The van der Waals surface area contributed by atoms with Gasteiger partial charge in [-0.1, -0.05) is 73.6 Å². The minimum absolute atomic E-state index is 0.101. The number of nitrogens with one attached hydrogen (secondary N) is 2. The molecule has 5 rings (SSSR count). The number of anilines is 1. The van der Waals surface area contributed by atoms with Gasteiger partial charge >= 0.3 is 17.8 Å². The Balaban J connectivity index is 1.54. The maximum Gasteiger partial charge on any atom is 0.408 e. The van der Waals surface area contributed by atoms with Crippen LogP contribution in [0.5, 0.6) is 11.5 Å². The first-order chi connectivity index (χ1) is 27.6. The molecule has 0 unspecified atom stereocenters. The number of alkyl carbamates (subject to hydrolysis) is 1. The van der Waals surface area contributed by atoms with Crippen molar-refractivity contribution in [2.45, 2.75) is 75.9 Å². The molecule has 58 heavy (non-hydrogen) atoms. The molecule has 2 heterocycles. The number of esters is 1. The SMILES string of the molecule is COc1ccc(C(Nc2ccn([C@@H]3O[C@@](CO)(CN=[N+]=[N-])[C@@H](OC(=O)[C@@H](NC(=O)OC(C)(C)C)C(C)C)[C@H]3F)c(=O)n2)(c2ccccc2)c2ccc(OC)cc2)cc1. The van der Waals surface area contributed by atoms with E-state index in [-0.39, 0.29) is 5.82 Å². The monoisotopic (exact) mass is 801 g/mol. The van der Waals surface area contributed by atoms with Crippen molar-refractivity contribution < 1.29 is 42.8 Å². The molecule has 17 heteroatoms. The fraction of sp³-hybridized carbons (Fsp3) is 0.415. The van der Waals surface area contributed by atoms with E-state index in [0.717, 1.165) is 21.3 Å². The number of aliphatic hydroxyl groups excluding tert-OH is 1. The molecule has 0 radical (unpaired) electrons. The molecule has 0 bridgehead atoms. The lowest BCUT2D eigenvalue weighted by Crippen LogP contribution is -2.54. The number of ether oxygens (including phenoxy) is 5. The lowest BCUT2D eigenvalue weighted by Gasteiger charge is -2.37. The van der Waals surface area contributed by atoms with Gasteiger partial charge in [-0.25, -0.2) is 18.8 Å². The number of benzene rings is 3. The van der Waals surface area contributed by atoms with Crippen LogP contribution < -0.4 is 25.8 Å². The second-order valence-electron chi connectivity index (χ2n) is 15.0. The molecule has 1 aliphatic heterocycles. The number of carbonyl (C=O) groups is 2. The van der Waals surface area contributed by atoms with Crippen LogP contribution in [0.15, 0.2) is 101 Å². The smallest absolute Gasteiger partial charge is 0.408 e. The molecule has 3 aromatic carbocycles. The summed E-state index contributed by atoms with van der Waals surface area (Å²) in [6, 6.07) is 24.4. The average Bonchev–Trinajstić information content (AvgIpc) is 3.47. The van der Waals surface area contributed by atoms with Crippen molar-refractivity contribution in [3.8, 4) is 11.5 Å². The first-order valence-corrected chi connectivity index (χ1v) is 18.5. The van der Waals surface area contributed by atoms with Crippen LogP contribution in [0.4, 0.5) is 15.0 Å². The van der Waals surface area contributed by atoms with Crippen LogP contribution in [0.2, 0.25) is 0 Å². The summed E-state index contributed by atoms with van der Waals surface area (Å²) in [4.78, 5) is 47.1. The zero-order valence-corrected chi connectivity index (χ0v) is 33.3.